The van der Waals surface area contributed by atoms with Crippen molar-refractivity contribution in [1.82, 2.24) is 0 Å². The average molecular weight is 386 g/mol. The van der Waals surface area contributed by atoms with Crippen LogP contribution in [-0.4, -0.2) is 38.4 Å². The predicted molar refractivity (Wildman–Crippen MR) is 99.0 cm³/mol. The second kappa shape index (κ2) is 8.87. The van der Waals surface area contributed by atoms with Crippen LogP contribution in [0.5, 0.6) is 11.5 Å². The van der Waals surface area contributed by atoms with Crippen LogP contribution in [0.25, 0.3) is 0 Å². The molecule has 0 radical (unpaired) electrons. The highest BCUT2D eigenvalue weighted by Gasteiger charge is 2.20. The van der Waals surface area contributed by atoms with Crippen LogP contribution < -0.4 is 9.47 Å². The highest BCUT2D eigenvalue weighted by molar-refractivity contribution is 7.14. The lowest BCUT2D eigenvalue weighted by Gasteiger charge is -2.01. The van der Waals surface area contributed by atoms with Gasteiger partial charge >= 0.3 is 11.9 Å². The van der Waals surface area contributed by atoms with E-state index in [0.717, 1.165) is 20.9 Å². The number of hydrogen-bond acceptors (Lipinski definition) is 7. The zero-order valence-electron chi connectivity index (χ0n) is 15.3. The minimum absolute atomic E-state index is 0.285. The lowest BCUT2D eigenvalue weighted by molar-refractivity contribution is 0.0602. The maximum Gasteiger partial charge on any atom is 0.351 e. The number of esters is 1. The predicted octanol–water partition coefficient (Wildman–Crippen LogP) is 4.23. The summed E-state index contributed by atoms with van der Waals surface area (Å²) in [6.45, 7) is 7.62. The van der Waals surface area contributed by atoms with Crippen LogP contribution in [0.1, 0.15) is 40.2 Å². The van der Waals surface area contributed by atoms with Crippen molar-refractivity contribution in [2.24, 2.45) is 0 Å². The first-order valence-corrected chi connectivity index (χ1v) is 8.92. The molecular formula is C17H22O6S2. The van der Waals surface area contributed by atoms with Gasteiger partial charge in [0.15, 0.2) is 9.75 Å². The molecule has 0 spiro atoms. The van der Waals surface area contributed by atoms with Crippen molar-refractivity contribution in [3.63, 3.8) is 0 Å². The standard InChI is InChI=1S/C9H12O3S.C8H10O3S/c1-5-6(2)13-8(7(5)11-3)9(10)12-4;1-4-5(2)12-7(8(9)10)6(4)11-3/h1-4H3;1-3H3,(H,9,10). The SMILES string of the molecule is COC(=O)c1sc(C)c(C)c1OC.COc1c(C(=O)O)sc(C)c1C. The number of carbonyl (C=O) groups is 2. The number of carbonyl (C=O) groups excluding carboxylic acids is 1. The monoisotopic (exact) mass is 386 g/mol. The number of methoxy groups -OCH3 is 3. The third kappa shape index (κ3) is 4.52. The molecule has 0 fully saturated rings. The minimum Gasteiger partial charge on any atom is -0.495 e. The number of ether oxygens (including phenoxy) is 3. The number of aryl methyl sites for hydroxylation is 2. The maximum absolute atomic E-state index is 11.3. The summed E-state index contributed by atoms with van der Waals surface area (Å²) in [6, 6.07) is 0. The molecule has 0 saturated carbocycles. The fourth-order valence-corrected chi connectivity index (χ4v) is 4.09. The van der Waals surface area contributed by atoms with Crippen molar-refractivity contribution < 1.29 is 28.9 Å². The average Bonchev–Trinajstić information content (AvgIpc) is 3.04. The molecule has 8 heteroatoms. The molecule has 0 aromatic carbocycles. The molecule has 2 aromatic heterocycles. The number of aromatic carboxylic acids is 1. The van der Waals surface area contributed by atoms with Crippen molar-refractivity contribution in [1.29, 1.82) is 0 Å². The van der Waals surface area contributed by atoms with Crippen molar-refractivity contribution in [3.8, 4) is 11.5 Å². The Morgan fingerprint density at radius 2 is 1.20 bits per heavy atom. The van der Waals surface area contributed by atoms with Gasteiger partial charge < -0.3 is 19.3 Å². The topological polar surface area (TPSA) is 82.1 Å². The molecular weight excluding hydrogens is 364 g/mol. The van der Waals surface area contributed by atoms with Gasteiger partial charge in [0.05, 0.1) is 21.3 Å². The quantitative estimate of drug-likeness (QED) is 0.792. The first-order valence-electron chi connectivity index (χ1n) is 7.29. The Morgan fingerprint density at radius 1 is 0.800 bits per heavy atom. The number of thiophene rings is 2. The molecule has 0 saturated heterocycles. The summed E-state index contributed by atoms with van der Waals surface area (Å²) in [7, 11) is 4.41. The van der Waals surface area contributed by atoms with Gasteiger partial charge in [0, 0.05) is 20.9 Å². The number of hydrogen-bond donors (Lipinski definition) is 1. The molecule has 1 N–H and O–H groups in total. The second-order valence-corrected chi connectivity index (χ2v) is 7.54. The summed E-state index contributed by atoms with van der Waals surface area (Å²) in [5, 5.41) is 8.76. The van der Waals surface area contributed by atoms with E-state index in [4.69, 9.17) is 14.6 Å². The lowest BCUT2D eigenvalue weighted by Crippen LogP contribution is -2.00. The van der Waals surface area contributed by atoms with E-state index in [1.807, 2.05) is 27.7 Å². The lowest BCUT2D eigenvalue weighted by atomic mass is 10.2. The van der Waals surface area contributed by atoms with Gasteiger partial charge in [-0.3, -0.25) is 0 Å². The Balaban J connectivity index is 0.000000251. The molecule has 6 nitrogen and oxygen atoms in total. The van der Waals surface area contributed by atoms with E-state index in [1.165, 1.54) is 36.9 Å². The van der Waals surface area contributed by atoms with Crippen LogP contribution in [-0.2, 0) is 4.74 Å². The molecule has 0 bridgehead atoms. The smallest absolute Gasteiger partial charge is 0.351 e. The normalized spacial score (nSPS) is 9.88. The Morgan fingerprint density at radius 3 is 1.52 bits per heavy atom. The van der Waals surface area contributed by atoms with Crippen LogP contribution >= 0.6 is 22.7 Å². The van der Waals surface area contributed by atoms with Crippen molar-refractivity contribution >= 4 is 34.6 Å². The van der Waals surface area contributed by atoms with Gasteiger partial charge in [-0.1, -0.05) is 0 Å². The summed E-state index contributed by atoms with van der Waals surface area (Å²) >= 11 is 2.65. The first kappa shape index (κ1) is 21.0. The van der Waals surface area contributed by atoms with Crippen LogP contribution in [0.4, 0.5) is 0 Å². The van der Waals surface area contributed by atoms with E-state index >= 15 is 0 Å². The van der Waals surface area contributed by atoms with Crippen LogP contribution in [0, 0.1) is 27.7 Å². The fourth-order valence-electron chi connectivity index (χ4n) is 2.07. The van der Waals surface area contributed by atoms with Crippen LogP contribution in [0.2, 0.25) is 0 Å². The highest BCUT2D eigenvalue weighted by Crippen LogP contribution is 2.35. The number of carboxylic acids is 1. The Hall–Kier alpha value is -2.06. The van der Waals surface area contributed by atoms with Crippen molar-refractivity contribution in [3.05, 3.63) is 30.6 Å². The molecule has 0 unspecified atom stereocenters. The summed E-state index contributed by atoms with van der Waals surface area (Å²) in [6.07, 6.45) is 0. The first-order chi connectivity index (χ1) is 11.7. The summed E-state index contributed by atoms with van der Waals surface area (Å²) < 4.78 is 14.8. The summed E-state index contributed by atoms with van der Waals surface area (Å²) in [4.78, 5) is 24.8. The highest BCUT2D eigenvalue weighted by atomic mass is 32.1. The van der Waals surface area contributed by atoms with Crippen molar-refractivity contribution in [2.75, 3.05) is 21.3 Å². The number of carboxylic acid groups (broad SMARTS) is 1. The minimum atomic E-state index is -0.923. The summed E-state index contributed by atoms with van der Waals surface area (Å²) in [5.74, 6) is -0.134. The Labute approximate surface area is 155 Å². The molecule has 25 heavy (non-hydrogen) atoms. The molecule has 2 rings (SSSR count). The maximum atomic E-state index is 11.3. The number of rotatable bonds is 4. The fraction of sp³-hybridized carbons (Fsp3) is 0.412. The Kier molecular flexibility index (Phi) is 7.44. The van der Waals surface area contributed by atoms with Gasteiger partial charge in [0.2, 0.25) is 0 Å². The molecule has 0 amide bonds. The van der Waals surface area contributed by atoms with E-state index in [1.54, 1.807) is 7.11 Å². The zero-order chi connectivity index (χ0) is 19.3. The molecule has 2 heterocycles. The van der Waals surface area contributed by atoms with Gasteiger partial charge in [-0.05, 0) is 27.7 Å². The largest absolute Gasteiger partial charge is 0.495 e. The van der Waals surface area contributed by atoms with E-state index in [9.17, 15) is 9.59 Å². The molecule has 138 valence electrons. The third-order valence-electron chi connectivity index (χ3n) is 3.63. The molecule has 0 aliphatic carbocycles. The summed E-state index contributed by atoms with van der Waals surface area (Å²) in [5.41, 5.74) is 1.92. The van der Waals surface area contributed by atoms with E-state index < -0.39 is 5.97 Å². The zero-order valence-corrected chi connectivity index (χ0v) is 16.9. The molecule has 0 aliphatic rings. The second-order valence-electron chi connectivity index (χ2n) is 5.09. The molecule has 0 aliphatic heterocycles. The van der Waals surface area contributed by atoms with Crippen LogP contribution in [0.15, 0.2) is 0 Å². The Bertz CT molecular complexity index is 773. The molecule has 0 atom stereocenters. The van der Waals surface area contributed by atoms with E-state index in [2.05, 4.69) is 4.74 Å². The van der Waals surface area contributed by atoms with Crippen LogP contribution in [0.3, 0.4) is 0 Å². The third-order valence-corrected chi connectivity index (χ3v) is 5.98. The van der Waals surface area contributed by atoms with Gasteiger partial charge in [-0.2, -0.15) is 0 Å². The van der Waals surface area contributed by atoms with Gasteiger partial charge in [0.1, 0.15) is 11.5 Å². The molecule has 2 aromatic rings. The van der Waals surface area contributed by atoms with Gasteiger partial charge in [-0.15, -0.1) is 22.7 Å². The van der Waals surface area contributed by atoms with E-state index in [0.29, 0.717) is 16.4 Å². The van der Waals surface area contributed by atoms with Crippen molar-refractivity contribution in [2.45, 2.75) is 27.7 Å². The van der Waals surface area contributed by atoms with Gasteiger partial charge in [0.25, 0.3) is 0 Å². The van der Waals surface area contributed by atoms with Gasteiger partial charge in [-0.25, -0.2) is 9.59 Å². The van der Waals surface area contributed by atoms with E-state index in [-0.39, 0.29) is 10.8 Å².